The normalized spacial score (nSPS) is 9.92. The number of carboxylic acids is 1. The first-order chi connectivity index (χ1) is 5.52. The van der Waals surface area contributed by atoms with E-state index in [9.17, 15) is 4.79 Å². The third-order valence-electron chi connectivity index (χ3n) is 1.48. The molecule has 0 amide bonds. The van der Waals surface area contributed by atoms with Crippen LogP contribution in [-0.4, -0.2) is 11.1 Å². The minimum absolute atomic E-state index is 0.288. The molecule has 64 valence electrons. The zero-order valence-corrected chi connectivity index (χ0v) is 9.44. The van der Waals surface area contributed by atoms with E-state index in [-0.39, 0.29) is 5.56 Å². The van der Waals surface area contributed by atoms with Gasteiger partial charge in [-0.3, -0.25) is 0 Å². The predicted octanol–water partition coefficient (Wildman–Crippen LogP) is 3.22. The molecule has 1 N–H and O–H groups in total. The van der Waals surface area contributed by atoms with Crippen LogP contribution in [0.3, 0.4) is 0 Å². The number of carbonyl (C=O) groups is 1. The lowest BCUT2D eigenvalue weighted by Crippen LogP contribution is -1.98. The fourth-order valence-corrected chi connectivity index (χ4v) is 1.98. The molecular formula is C8H6Br2O2. The van der Waals surface area contributed by atoms with Gasteiger partial charge in [-0.25, -0.2) is 4.79 Å². The van der Waals surface area contributed by atoms with E-state index in [1.54, 1.807) is 12.1 Å². The van der Waals surface area contributed by atoms with Crippen LogP contribution < -0.4 is 0 Å². The van der Waals surface area contributed by atoms with Gasteiger partial charge >= 0.3 is 5.97 Å². The Balaban J connectivity index is 3.33. The van der Waals surface area contributed by atoms with E-state index in [1.807, 2.05) is 6.92 Å². The maximum atomic E-state index is 10.6. The molecule has 12 heavy (non-hydrogen) atoms. The summed E-state index contributed by atoms with van der Waals surface area (Å²) in [6.45, 7) is 1.85. The molecule has 0 saturated heterocycles. The van der Waals surface area contributed by atoms with Crippen molar-refractivity contribution in [1.29, 1.82) is 0 Å². The molecule has 0 aliphatic heterocycles. The van der Waals surface area contributed by atoms with Crippen molar-refractivity contribution in [2.45, 2.75) is 6.92 Å². The zero-order chi connectivity index (χ0) is 9.30. The minimum Gasteiger partial charge on any atom is -0.478 e. The number of halogens is 2. The maximum absolute atomic E-state index is 10.6. The molecule has 0 radical (unpaired) electrons. The summed E-state index contributed by atoms with van der Waals surface area (Å²) in [6, 6.07) is 3.36. The maximum Gasteiger partial charge on any atom is 0.336 e. The van der Waals surface area contributed by atoms with Crippen molar-refractivity contribution in [3.05, 3.63) is 32.2 Å². The van der Waals surface area contributed by atoms with E-state index >= 15 is 0 Å². The highest BCUT2D eigenvalue weighted by Gasteiger charge is 2.09. The summed E-state index contributed by atoms with van der Waals surface area (Å²) in [7, 11) is 0. The molecule has 0 saturated carbocycles. The number of benzene rings is 1. The van der Waals surface area contributed by atoms with Crippen LogP contribution in [0.2, 0.25) is 0 Å². The lowest BCUT2D eigenvalue weighted by atomic mass is 10.1. The van der Waals surface area contributed by atoms with Gasteiger partial charge in [0.2, 0.25) is 0 Å². The molecule has 0 aromatic heterocycles. The number of aryl methyl sites for hydroxylation is 1. The molecular weight excluding hydrogens is 288 g/mol. The van der Waals surface area contributed by atoms with Gasteiger partial charge < -0.3 is 5.11 Å². The minimum atomic E-state index is -0.919. The van der Waals surface area contributed by atoms with Crippen LogP contribution in [0.4, 0.5) is 0 Å². The average Bonchev–Trinajstić information content (AvgIpc) is 1.96. The van der Waals surface area contributed by atoms with Gasteiger partial charge in [0.05, 0.1) is 5.56 Å². The smallest absolute Gasteiger partial charge is 0.336 e. The molecule has 0 heterocycles. The van der Waals surface area contributed by atoms with Crippen molar-refractivity contribution >= 4 is 37.8 Å². The van der Waals surface area contributed by atoms with Crippen molar-refractivity contribution in [1.82, 2.24) is 0 Å². The summed E-state index contributed by atoms with van der Waals surface area (Å²) in [6.07, 6.45) is 0. The van der Waals surface area contributed by atoms with Gasteiger partial charge in [-0.05, 0) is 40.5 Å². The Morgan fingerprint density at radius 3 is 2.42 bits per heavy atom. The second-order valence-corrected chi connectivity index (χ2v) is 4.10. The van der Waals surface area contributed by atoms with Gasteiger partial charge in [0.1, 0.15) is 0 Å². The van der Waals surface area contributed by atoms with E-state index in [0.29, 0.717) is 4.47 Å². The first kappa shape index (κ1) is 9.74. The highest BCUT2D eigenvalue weighted by atomic mass is 79.9. The van der Waals surface area contributed by atoms with Gasteiger partial charge in [-0.1, -0.05) is 15.9 Å². The number of hydrogen-bond acceptors (Lipinski definition) is 1. The summed E-state index contributed by atoms with van der Waals surface area (Å²) in [5, 5.41) is 8.74. The molecule has 1 aromatic rings. The average molecular weight is 294 g/mol. The zero-order valence-electron chi connectivity index (χ0n) is 6.27. The van der Waals surface area contributed by atoms with Crippen LogP contribution >= 0.6 is 31.9 Å². The molecule has 0 fully saturated rings. The topological polar surface area (TPSA) is 37.3 Å². The Kier molecular flexibility index (Phi) is 2.90. The van der Waals surface area contributed by atoms with E-state index in [1.165, 1.54) is 0 Å². The second kappa shape index (κ2) is 3.58. The lowest BCUT2D eigenvalue weighted by molar-refractivity contribution is 0.0696. The highest BCUT2D eigenvalue weighted by molar-refractivity contribution is 9.11. The Labute approximate surface area is 86.9 Å². The van der Waals surface area contributed by atoms with E-state index in [4.69, 9.17) is 5.11 Å². The lowest BCUT2D eigenvalue weighted by Gasteiger charge is -2.02. The Hall–Kier alpha value is -0.350. The van der Waals surface area contributed by atoms with Crippen LogP contribution in [0.1, 0.15) is 15.9 Å². The fourth-order valence-electron chi connectivity index (χ4n) is 0.821. The molecule has 0 spiro atoms. The first-order valence-electron chi connectivity index (χ1n) is 3.21. The molecule has 4 heteroatoms. The summed E-state index contributed by atoms with van der Waals surface area (Å²) >= 11 is 6.48. The van der Waals surface area contributed by atoms with Gasteiger partial charge in [0, 0.05) is 8.95 Å². The van der Waals surface area contributed by atoms with Gasteiger partial charge in [-0.15, -0.1) is 0 Å². The monoisotopic (exact) mass is 292 g/mol. The van der Waals surface area contributed by atoms with E-state index < -0.39 is 5.97 Å². The third kappa shape index (κ3) is 1.87. The SMILES string of the molecule is Cc1cc(C(=O)O)c(Br)cc1Br. The summed E-state index contributed by atoms with van der Waals surface area (Å²) in [5.41, 5.74) is 1.20. The predicted molar refractivity (Wildman–Crippen MR) is 53.5 cm³/mol. The number of aromatic carboxylic acids is 1. The van der Waals surface area contributed by atoms with Crippen LogP contribution in [0.25, 0.3) is 0 Å². The standard InChI is InChI=1S/C8H6Br2O2/c1-4-2-5(8(11)12)7(10)3-6(4)9/h2-3H,1H3,(H,11,12). The van der Waals surface area contributed by atoms with Crippen molar-refractivity contribution in [2.24, 2.45) is 0 Å². The summed E-state index contributed by atoms with van der Waals surface area (Å²) in [5.74, 6) is -0.919. The highest BCUT2D eigenvalue weighted by Crippen LogP contribution is 2.25. The molecule has 0 unspecified atom stereocenters. The number of rotatable bonds is 1. The van der Waals surface area contributed by atoms with E-state index in [0.717, 1.165) is 10.0 Å². The van der Waals surface area contributed by atoms with Crippen LogP contribution in [-0.2, 0) is 0 Å². The van der Waals surface area contributed by atoms with Gasteiger partial charge in [-0.2, -0.15) is 0 Å². The molecule has 2 nitrogen and oxygen atoms in total. The molecule has 1 aromatic carbocycles. The first-order valence-corrected chi connectivity index (χ1v) is 4.80. The molecule has 0 aliphatic rings. The van der Waals surface area contributed by atoms with Gasteiger partial charge in [0.15, 0.2) is 0 Å². The Morgan fingerprint density at radius 2 is 1.92 bits per heavy atom. The Bertz CT molecular complexity index is 334. The molecule has 0 bridgehead atoms. The van der Waals surface area contributed by atoms with Crippen molar-refractivity contribution in [3.63, 3.8) is 0 Å². The van der Waals surface area contributed by atoms with Crippen molar-refractivity contribution in [2.75, 3.05) is 0 Å². The van der Waals surface area contributed by atoms with Gasteiger partial charge in [0.25, 0.3) is 0 Å². The van der Waals surface area contributed by atoms with Crippen LogP contribution in [0.5, 0.6) is 0 Å². The number of carboxylic acid groups (broad SMARTS) is 1. The fraction of sp³-hybridized carbons (Fsp3) is 0.125. The molecule has 1 rings (SSSR count). The van der Waals surface area contributed by atoms with Crippen molar-refractivity contribution in [3.8, 4) is 0 Å². The third-order valence-corrected chi connectivity index (χ3v) is 2.99. The molecule has 0 aliphatic carbocycles. The Morgan fingerprint density at radius 1 is 1.33 bits per heavy atom. The quantitative estimate of drug-likeness (QED) is 0.863. The molecule has 0 atom stereocenters. The summed E-state index contributed by atoms with van der Waals surface area (Å²) < 4.78 is 1.49. The van der Waals surface area contributed by atoms with Crippen LogP contribution in [0.15, 0.2) is 21.1 Å². The van der Waals surface area contributed by atoms with E-state index in [2.05, 4.69) is 31.9 Å². The van der Waals surface area contributed by atoms with Crippen molar-refractivity contribution < 1.29 is 9.90 Å². The summed E-state index contributed by atoms with van der Waals surface area (Å²) in [4.78, 5) is 10.6. The number of hydrogen-bond donors (Lipinski definition) is 1. The second-order valence-electron chi connectivity index (χ2n) is 2.39. The van der Waals surface area contributed by atoms with Crippen LogP contribution in [0, 0.1) is 6.92 Å². The largest absolute Gasteiger partial charge is 0.478 e.